The minimum Gasteiger partial charge on any atom is -0.381 e. The molecule has 0 saturated carbocycles. The monoisotopic (exact) mass is 117 g/mol. The number of aliphatic hydroxyl groups excluding tert-OH is 1. The molecule has 3 nitrogen and oxygen atoms in total. The predicted molar refractivity (Wildman–Crippen MR) is 29.5 cm³/mol. The summed E-state index contributed by atoms with van der Waals surface area (Å²) in [5.41, 5.74) is 0. The van der Waals surface area contributed by atoms with Gasteiger partial charge in [-0.15, -0.1) is 0 Å². The normalized spacial score (nSPS) is 26.6. The maximum absolute atomic E-state index is 8.48. The summed E-state index contributed by atoms with van der Waals surface area (Å²) < 4.78 is 4.93. The number of rotatable bonds is 3. The van der Waals surface area contributed by atoms with Gasteiger partial charge in [0.05, 0.1) is 19.4 Å². The summed E-state index contributed by atoms with van der Waals surface area (Å²) in [7, 11) is 1.86. The molecule has 1 fully saturated rings. The molecule has 1 N–H and O–H groups in total. The quantitative estimate of drug-likeness (QED) is 0.391. The molecule has 1 rings (SSSR count). The van der Waals surface area contributed by atoms with Crippen molar-refractivity contribution in [1.29, 1.82) is 0 Å². The van der Waals surface area contributed by atoms with Crippen LogP contribution in [0.4, 0.5) is 0 Å². The Kier molecular flexibility index (Phi) is 1.83. The van der Waals surface area contributed by atoms with Gasteiger partial charge in [-0.2, -0.15) is 0 Å². The zero-order valence-corrected chi connectivity index (χ0v) is 5.00. The first-order chi connectivity index (χ1) is 3.83. The molecule has 0 aromatic heterocycles. The van der Waals surface area contributed by atoms with Crippen molar-refractivity contribution >= 4 is 0 Å². The molecule has 0 bridgehead atoms. The molecule has 0 aromatic rings. The van der Waals surface area contributed by atoms with Crippen molar-refractivity contribution in [2.24, 2.45) is 0 Å². The highest BCUT2D eigenvalue weighted by Gasteiger charge is 2.23. The molecule has 8 heavy (non-hydrogen) atoms. The van der Waals surface area contributed by atoms with Gasteiger partial charge in [-0.3, -0.25) is 4.90 Å². The average molecular weight is 117 g/mol. The standard InChI is InChI=1S/C5H11NO2/c1-6(4-7)2-5-3-8-5/h5,7H,2-4H2,1H3. The summed E-state index contributed by atoms with van der Waals surface area (Å²) in [6.45, 7) is 1.85. The highest BCUT2D eigenvalue weighted by Crippen LogP contribution is 2.08. The minimum atomic E-state index is 0.125. The van der Waals surface area contributed by atoms with Crippen LogP contribution < -0.4 is 0 Å². The smallest absolute Gasteiger partial charge is 0.0954 e. The van der Waals surface area contributed by atoms with Crippen molar-refractivity contribution in [1.82, 2.24) is 4.90 Å². The van der Waals surface area contributed by atoms with Crippen LogP contribution in [0.3, 0.4) is 0 Å². The van der Waals surface area contributed by atoms with Gasteiger partial charge in [-0.05, 0) is 7.05 Å². The summed E-state index contributed by atoms with van der Waals surface area (Å²) in [6, 6.07) is 0. The third kappa shape index (κ3) is 1.78. The molecular formula is C5H11NO2. The van der Waals surface area contributed by atoms with Crippen molar-refractivity contribution < 1.29 is 9.84 Å². The van der Waals surface area contributed by atoms with Gasteiger partial charge in [-0.25, -0.2) is 0 Å². The fourth-order valence-electron chi connectivity index (χ4n) is 0.579. The average Bonchev–Trinajstić information content (AvgIpc) is 2.50. The van der Waals surface area contributed by atoms with Gasteiger partial charge >= 0.3 is 0 Å². The number of nitrogens with zero attached hydrogens (tertiary/aromatic N) is 1. The third-order valence-electron chi connectivity index (χ3n) is 1.16. The molecule has 1 heterocycles. The van der Waals surface area contributed by atoms with E-state index in [9.17, 15) is 0 Å². The van der Waals surface area contributed by atoms with Gasteiger partial charge in [0.25, 0.3) is 0 Å². The number of hydrogen-bond donors (Lipinski definition) is 1. The second-order valence-corrected chi connectivity index (χ2v) is 2.14. The first-order valence-electron chi connectivity index (χ1n) is 2.74. The van der Waals surface area contributed by atoms with Crippen molar-refractivity contribution in [3.63, 3.8) is 0 Å². The van der Waals surface area contributed by atoms with Gasteiger partial charge in [-0.1, -0.05) is 0 Å². The van der Waals surface area contributed by atoms with Crippen LogP contribution in [0.15, 0.2) is 0 Å². The minimum absolute atomic E-state index is 0.125. The van der Waals surface area contributed by atoms with E-state index in [-0.39, 0.29) is 6.73 Å². The number of aliphatic hydroxyl groups is 1. The summed E-state index contributed by atoms with van der Waals surface area (Å²) in [6.07, 6.45) is 0.396. The van der Waals surface area contributed by atoms with Crippen molar-refractivity contribution in [3.8, 4) is 0 Å². The maximum atomic E-state index is 8.48. The van der Waals surface area contributed by atoms with Crippen LogP contribution >= 0.6 is 0 Å². The van der Waals surface area contributed by atoms with E-state index in [0.29, 0.717) is 6.10 Å². The Bertz CT molecular complexity index is 72.8. The molecule has 0 aromatic carbocycles. The molecule has 0 aliphatic carbocycles. The highest BCUT2D eigenvalue weighted by molar-refractivity contribution is 4.71. The maximum Gasteiger partial charge on any atom is 0.0954 e. The van der Waals surface area contributed by atoms with Crippen molar-refractivity contribution in [3.05, 3.63) is 0 Å². The van der Waals surface area contributed by atoms with Crippen molar-refractivity contribution in [2.45, 2.75) is 6.10 Å². The van der Waals surface area contributed by atoms with E-state index in [4.69, 9.17) is 9.84 Å². The Balaban J connectivity index is 1.98. The summed E-state index contributed by atoms with van der Waals surface area (Å²) in [4.78, 5) is 1.82. The molecule has 0 spiro atoms. The Hall–Kier alpha value is -0.120. The van der Waals surface area contributed by atoms with Gasteiger partial charge in [0.2, 0.25) is 0 Å². The Morgan fingerprint density at radius 2 is 2.50 bits per heavy atom. The fourth-order valence-corrected chi connectivity index (χ4v) is 0.579. The van der Waals surface area contributed by atoms with Crippen LogP contribution in [-0.4, -0.2) is 43.0 Å². The lowest BCUT2D eigenvalue weighted by molar-refractivity contribution is 0.124. The summed E-state index contributed by atoms with van der Waals surface area (Å²) >= 11 is 0. The largest absolute Gasteiger partial charge is 0.381 e. The van der Waals surface area contributed by atoms with Gasteiger partial charge in [0.1, 0.15) is 0 Å². The summed E-state index contributed by atoms with van der Waals surface area (Å²) in [5.74, 6) is 0. The summed E-state index contributed by atoms with van der Waals surface area (Å²) in [5, 5.41) is 8.48. The number of hydrogen-bond acceptors (Lipinski definition) is 3. The van der Waals surface area contributed by atoms with Crippen LogP contribution in [0.2, 0.25) is 0 Å². The lowest BCUT2D eigenvalue weighted by atomic mass is 10.4. The van der Waals surface area contributed by atoms with E-state index in [1.165, 1.54) is 0 Å². The van der Waals surface area contributed by atoms with E-state index >= 15 is 0 Å². The Morgan fingerprint density at radius 1 is 1.88 bits per heavy atom. The second-order valence-electron chi connectivity index (χ2n) is 2.14. The highest BCUT2D eigenvalue weighted by atomic mass is 16.6. The molecule has 48 valence electrons. The topological polar surface area (TPSA) is 36.0 Å². The SMILES string of the molecule is CN(CO)CC1CO1. The Morgan fingerprint density at radius 3 is 2.88 bits per heavy atom. The van der Waals surface area contributed by atoms with Crippen LogP contribution in [0.5, 0.6) is 0 Å². The Labute approximate surface area is 48.9 Å². The predicted octanol–water partition coefficient (Wildman–Crippen LogP) is -0.733. The van der Waals surface area contributed by atoms with E-state index in [0.717, 1.165) is 13.2 Å². The lowest BCUT2D eigenvalue weighted by Gasteiger charge is -2.08. The number of epoxide rings is 1. The molecule has 1 unspecified atom stereocenters. The fraction of sp³-hybridized carbons (Fsp3) is 1.00. The number of ether oxygens (including phenoxy) is 1. The molecular weight excluding hydrogens is 106 g/mol. The first kappa shape index (κ1) is 6.01. The van der Waals surface area contributed by atoms with E-state index in [2.05, 4.69) is 0 Å². The molecule has 1 aliphatic rings. The third-order valence-corrected chi connectivity index (χ3v) is 1.16. The van der Waals surface area contributed by atoms with Gasteiger partial charge < -0.3 is 9.84 Å². The second kappa shape index (κ2) is 2.44. The lowest BCUT2D eigenvalue weighted by Crippen LogP contribution is -2.23. The van der Waals surface area contributed by atoms with Crippen LogP contribution in [-0.2, 0) is 4.74 Å². The zero-order valence-electron chi connectivity index (χ0n) is 5.00. The number of likely N-dealkylation sites (N-methyl/N-ethyl adjacent to an activating group) is 1. The van der Waals surface area contributed by atoms with E-state index in [1.807, 2.05) is 11.9 Å². The van der Waals surface area contributed by atoms with Crippen LogP contribution in [0, 0.1) is 0 Å². The molecule has 0 radical (unpaired) electrons. The molecule has 0 amide bonds. The zero-order chi connectivity index (χ0) is 5.98. The molecule has 1 atom stereocenters. The van der Waals surface area contributed by atoms with Gasteiger partial charge in [0.15, 0.2) is 0 Å². The van der Waals surface area contributed by atoms with Crippen LogP contribution in [0.25, 0.3) is 0 Å². The first-order valence-corrected chi connectivity index (χ1v) is 2.74. The molecule has 1 aliphatic heterocycles. The van der Waals surface area contributed by atoms with E-state index in [1.54, 1.807) is 0 Å². The van der Waals surface area contributed by atoms with Crippen LogP contribution in [0.1, 0.15) is 0 Å². The van der Waals surface area contributed by atoms with Crippen molar-refractivity contribution in [2.75, 3.05) is 26.9 Å². The van der Waals surface area contributed by atoms with Gasteiger partial charge in [0, 0.05) is 6.54 Å². The molecule has 1 saturated heterocycles. The van der Waals surface area contributed by atoms with E-state index < -0.39 is 0 Å². The molecule has 3 heteroatoms.